The Morgan fingerprint density at radius 3 is 2.00 bits per heavy atom. The van der Waals surface area contributed by atoms with Crippen molar-refractivity contribution in [2.75, 3.05) is 5.73 Å². The van der Waals surface area contributed by atoms with Gasteiger partial charge in [-0.25, -0.2) is 0 Å². The van der Waals surface area contributed by atoms with Crippen molar-refractivity contribution in [1.82, 2.24) is 0 Å². The van der Waals surface area contributed by atoms with Crippen molar-refractivity contribution in [2.24, 2.45) is 0 Å². The molecule has 0 amide bonds. The summed E-state index contributed by atoms with van der Waals surface area (Å²) in [5.41, 5.74) is 22.5. The number of anilines is 1. The molecule has 0 saturated carbocycles. The molecule has 1 aliphatic rings. The quantitative estimate of drug-likeness (QED) is 0.147. The summed E-state index contributed by atoms with van der Waals surface area (Å²) >= 11 is 0. The minimum absolute atomic E-state index is 0.0173. The zero-order valence-electron chi connectivity index (χ0n) is 26.8. The molecule has 1 unspecified atom stereocenters. The first-order valence-electron chi connectivity index (χ1n) is 16.1. The standard InChI is InChI=1S/C44H41N/c1-30-28-31(22-24-32-14-8-13-21-42(32)45)23-26-35(30)36-17-10-12-20-41(36)44(4,33-15-6-5-7-16-33)34-25-27-40-38(29-34)37-18-9-11-19-39(37)43(40,2)3/h5-21,23,25-29H,22,24,45H2,1-4H3. The molecule has 1 heteroatoms. The summed E-state index contributed by atoms with van der Waals surface area (Å²) in [6.45, 7) is 9.36. The summed E-state index contributed by atoms with van der Waals surface area (Å²) in [4.78, 5) is 0. The van der Waals surface area contributed by atoms with Crippen molar-refractivity contribution in [1.29, 1.82) is 0 Å². The lowest BCUT2D eigenvalue weighted by Gasteiger charge is -2.35. The molecular weight excluding hydrogens is 542 g/mol. The Morgan fingerprint density at radius 2 is 1.22 bits per heavy atom. The van der Waals surface area contributed by atoms with Crippen LogP contribution in [0.5, 0.6) is 0 Å². The fourth-order valence-electron chi connectivity index (χ4n) is 7.66. The number of aryl methyl sites for hydroxylation is 3. The predicted molar refractivity (Wildman–Crippen MR) is 191 cm³/mol. The van der Waals surface area contributed by atoms with Crippen LogP contribution in [0.4, 0.5) is 5.69 Å². The summed E-state index contributed by atoms with van der Waals surface area (Å²) in [5.74, 6) is 0. The third-order valence-corrected chi connectivity index (χ3v) is 10.3. The highest BCUT2D eigenvalue weighted by Gasteiger charge is 2.38. The highest BCUT2D eigenvalue weighted by molar-refractivity contribution is 5.82. The molecular formula is C44H41N. The molecule has 7 rings (SSSR count). The lowest BCUT2D eigenvalue weighted by molar-refractivity contribution is 0.657. The molecule has 0 aliphatic heterocycles. The number of rotatable bonds is 7. The number of nitrogen functional groups attached to an aromatic ring is 1. The van der Waals surface area contributed by atoms with Gasteiger partial charge in [0.1, 0.15) is 0 Å². The molecule has 6 aromatic rings. The monoisotopic (exact) mass is 583 g/mol. The molecule has 0 aromatic heterocycles. The van der Waals surface area contributed by atoms with Crippen molar-refractivity contribution in [2.45, 2.75) is 51.4 Å². The number of hydrogen-bond acceptors (Lipinski definition) is 1. The van der Waals surface area contributed by atoms with E-state index in [4.69, 9.17) is 5.73 Å². The van der Waals surface area contributed by atoms with Gasteiger partial charge in [0, 0.05) is 16.5 Å². The minimum Gasteiger partial charge on any atom is -0.399 e. The smallest absolute Gasteiger partial charge is 0.0429 e. The van der Waals surface area contributed by atoms with Gasteiger partial charge in [0.15, 0.2) is 0 Å². The Hall–Kier alpha value is -4.88. The van der Waals surface area contributed by atoms with Crippen LogP contribution in [0.2, 0.25) is 0 Å². The molecule has 0 heterocycles. The minimum atomic E-state index is -0.371. The highest BCUT2D eigenvalue weighted by atomic mass is 14.6. The van der Waals surface area contributed by atoms with Gasteiger partial charge in [-0.05, 0) is 106 Å². The van der Waals surface area contributed by atoms with E-state index < -0.39 is 0 Å². The first-order chi connectivity index (χ1) is 21.8. The highest BCUT2D eigenvalue weighted by Crippen LogP contribution is 2.51. The second-order valence-electron chi connectivity index (χ2n) is 13.3. The first kappa shape index (κ1) is 28.9. The van der Waals surface area contributed by atoms with Crippen LogP contribution in [0.25, 0.3) is 22.3 Å². The summed E-state index contributed by atoms with van der Waals surface area (Å²) < 4.78 is 0. The average Bonchev–Trinajstić information content (AvgIpc) is 3.30. The fourth-order valence-corrected chi connectivity index (χ4v) is 7.66. The van der Waals surface area contributed by atoms with E-state index in [2.05, 4.69) is 155 Å². The summed E-state index contributed by atoms with van der Waals surface area (Å²) in [6, 6.07) is 51.4. The summed E-state index contributed by atoms with van der Waals surface area (Å²) in [7, 11) is 0. The number of nitrogens with two attached hydrogens (primary N) is 1. The second-order valence-corrected chi connectivity index (χ2v) is 13.3. The normalized spacial score (nSPS) is 14.4. The zero-order chi connectivity index (χ0) is 31.2. The summed E-state index contributed by atoms with van der Waals surface area (Å²) in [5, 5.41) is 0. The van der Waals surface area contributed by atoms with Crippen LogP contribution in [0.3, 0.4) is 0 Å². The molecule has 0 radical (unpaired) electrons. The topological polar surface area (TPSA) is 26.0 Å². The fraction of sp³-hybridized carbons (Fsp3) is 0.182. The van der Waals surface area contributed by atoms with Gasteiger partial charge in [-0.2, -0.15) is 0 Å². The molecule has 45 heavy (non-hydrogen) atoms. The number of benzene rings is 6. The predicted octanol–water partition coefficient (Wildman–Crippen LogP) is 10.7. The number of para-hydroxylation sites is 1. The first-order valence-corrected chi connectivity index (χ1v) is 16.1. The molecule has 1 nitrogen and oxygen atoms in total. The maximum atomic E-state index is 6.23. The molecule has 222 valence electrons. The van der Waals surface area contributed by atoms with Crippen molar-refractivity contribution >= 4 is 5.69 Å². The molecule has 6 aromatic carbocycles. The van der Waals surface area contributed by atoms with Gasteiger partial charge in [0.2, 0.25) is 0 Å². The van der Waals surface area contributed by atoms with Crippen molar-refractivity contribution in [3.8, 4) is 22.3 Å². The van der Waals surface area contributed by atoms with E-state index in [0.29, 0.717) is 0 Å². The lowest BCUT2D eigenvalue weighted by atomic mass is 9.68. The van der Waals surface area contributed by atoms with Gasteiger partial charge in [0.05, 0.1) is 0 Å². The van der Waals surface area contributed by atoms with Gasteiger partial charge >= 0.3 is 0 Å². The van der Waals surface area contributed by atoms with Gasteiger partial charge in [-0.3, -0.25) is 0 Å². The Kier molecular flexibility index (Phi) is 7.21. The van der Waals surface area contributed by atoms with Crippen LogP contribution in [-0.2, 0) is 23.7 Å². The Balaban J connectivity index is 1.34. The van der Waals surface area contributed by atoms with E-state index in [1.54, 1.807) is 0 Å². The molecule has 0 spiro atoms. The van der Waals surface area contributed by atoms with Crippen molar-refractivity contribution in [3.05, 3.63) is 184 Å². The van der Waals surface area contributed by atoms with E-state index >= 15 is 0 Å². The van der Waals surface area contributed by atoms with Crippen LogP contribution < -0.4 is 5.73 Å². The Labute approximate surface area is 268 Å². The molecule has 0 fully saturated rings. The van der Waals surface area contributed by atoms with Crippen LogP contribution in [-0.4, -0.2) is 0 Å². The van der Waals surface area contributed by atoms with E-state index in [1.165, 1.54) is 66.8 Å². The maximum absolute atomic E-state index is 6.23. The third kappa shape index (κ3) is 4.88. The maximum Gasteiger partial charge on any atom is 0.0429 e. The van der Waals surface area contributed by atoms with Crippen LogP contribution in [0.15, 0.2) is 140 Å². The second kappa shape index (κ2) is 11.2. The summed E-state index contributed by atoms with van der Waals surface area (Å²) in [6.07, 6.45) is 1.90. The zero-order valence-corrected chi connectivity index (χ0v) is 26.8. The van der Waals surface area contributed by atoms with Gasteiger partial charge in [-0.1, -0.05) is 141 Å². The third-order valence-electron chi connectivity index (χ3n) is 10.3. The van der Waals surface area contributed by atoms with E-state index in [9.17, 15) is 0 Å². The average molecular weight is 584 g/mol. The van der Waals surface area contributed by atoms with Crippen LogP contribution in [0, 0.1) is 6.92 Å². The van der Waals surface area contributed by atoms with Gasteiger partial charge in [-0.15, -0.1) is 0 Å². The van der Waals surface area contributed by atoms with Gasteiger partial charge in [0.25, 0.3) is 0 Å². The van der Waals surface area contributed by atoms with Crippen LogP contribution in [0.1, 0.15) is 65.3 Å². The number of fused-ring (bicyclic) bond motifs is 3. The Bertz CT molecular complexity index is 2020. The lowest BCUT2D eigenvalue weighted by Crippen LogP contribution is -2.26. The SMILES string of the molecule is Cc1cc(CCc2ccccc2N)ccc1-c1ccccc1C(C)(c1ccccc1)c1ccc2c(c1)-c1ccccc1C2(C)C. The molecule has 2 N–H and O–H groups in total. The number of hydrogen-bond donors (Lipinski definition) is 1. The van der Waals surface area contributed by atoms with Crippen molar-refractivity contribution < 1.29 is 0 Å². The Morgan fingerprint density at radius 1 is 0.556 bits per heavy atom. The van der Waals surface area contributed by atoms with E-state index in [1.807, 2.05) is 12.1 Å². The van der Waals surface area contributed by atoms with Crippen LogP contribution >= 0.6 is 0 Å². The van der Waals surface area contributed by atoms with Gasteiger partial charge < -0.3 is 5.73 Å². The largest absolute Gasteiger partial charge is 0.399 e. The van der Waals surface area contributed by atoms with E-state index in [0.717, 1.165) is 18.5 Å². The molecule has 0 saturated heterocycles. The van der Waals surface area contributed by atoms with Crippen molar-refractivity contribution in [3.63, 3.8) is 0 Å². The molecule has 0 bridgehead atoms. The molecule has 1 aliphatic carbocycles. The van der Waals surface area contributed by atoms with E-state index in [-0.39, 0.29) is 10.8 Å². The molecule has 1 atom stereocenters.